The molecule has 1 aliphatic heterocycles. The maximum Gasteiger partial charge on any atom is 0.410 e. The van der Waals surface area contributed by atoms with Gasteiger partial charge in [0.2, 0.25) is 0 Å². The summed E-state index contributed by atoms with van der Waals surface area (Å²) in [5.74, 6) is -0.232. The highest BCUT2D eigenvalue weighted by Gasteiger charge is 2.48. The number of halogens is 6. The van der Waals surface area contributed by atoms with Gasteiger partial charge in [-0.05, 0) is 68.3 Å². The molecule has 0 radical (unpaired) electrons. The number of hydrogen-bond donors (Lipinski definition) is 2. The van der Waals surface area contributed by atoms with E-state index in [-0.39, 0.29) is 22.4 Å². The Labute approximate surface area is 193 Å². The predicted octanol–water partition coefficient (Wildman–Crippen LogP) is 6.68. The Bertz CT molecular complexity index is 1100. The van der Waals surface area contributed by atoms with Crippen molar-refractivity contribution in [1.29, 1.82) is 0 Å². The molecule has 0 saturated carbocycles. The second kappa shape index (κ2) is 8.04. The van der Waals surface area contributed by atoms with E-state index >= 15 is 0 Å². The lowest BCUT2D eigenvalue weighted by Gasteiger charge is -2.32. The number of nitrogens with one attached hydrogen (secondary N) is 2. The lowest BCUT2D eigenvalue weighted by Crippen LogP contribution is -2.35. The zero-order valence-electron chi connectivity index (χ0n) is 14.8. The summed E-state index contributed by atoms with van der Waals surface area (Å²) >= 11 is 9.70. The maximum atomic E-state index is 13.8. The van der Waals surface area contributed by atoms with Gasteiger partial charge in [0.05, 0.1) is 10.5 Å². The van der Waals surface area contributed by atoms with Crippen LogP contribution in [0, 0.1) is 0 Å². The van der Waals surface area contributed by atoms with E-state index in [1.807, 2.05) is 0 Å². The first-order valence-corrected chi connectivity index (χ1v) is 10.9. The zero-order valence-corrected chi connectivity index (χ0v) is 19.6. The van der Waals surface area contributed by atoms with Crippen LogP contribution in [0.4, 0.5) is 24.7 Å². The molecule has 2 aromatic heterocycles. The standard InChI is InChI=1S/C18H12Br3F3N4O2/c19-8-1-3-9(4-2-8)25-17(29)15-14(21)16-26-10(11-5-6-13(20)30-11)7-12(18(22,23)24)28(16)27-15/h1-6,10,12,26H,7H2,(H,25,29)/t10-,12-/m1/s1. The van der Waals surface area contributed by atoms with E-state index in [2.05, 4.69) is 63.5 Å². The smallest absolute Gasteiger partial charge is 0.410 e. The number of carbonyl (C=O) groups is 1. The molecule has 0 aliphatic carbocycles. The molecule has 1 amide bonds. The van der Waals surface area contributed by atoms with Crippen LogP contribution in [0.2, 0.25) is 0 Å². The van der Waals surface area contributed by atoms with Crippen molar-refractivity contribution < 1.29 is 22.4 Å². The number of carbonyl (C=O) groups excluding carboxylic acids is 1. The van der Waals surface area contributed by atoms with E-state index in [4.69, 9.17) is 4.42 Å². The molecule has 30 heavy (non-hydrogen) atoms. The zero-order chi connectivity index (χ0) is 21.6. The number of aromatic nitrogens is 2. The summed E-state index contributed by atoms with van der Waals surface area (Å²) in [6.45, 7) is 0. The van der Waals surface area contributed by atoms with Crippen LogP contribution in [0.5, 0.6) is 0 Å². The van der Waals surface area contributed by atoms with Crippen molar-refractivity contribution >= 4 is 65.2 Å². The van der Waals surface area contributed by atoms with Gasteiger partial charge >= 0.3 is 6.18 Å². The monoisotopic (exact) mass is 610 g/mol. The molecule has 12 heteroatoms. The van der Waals surface area contributed by atoms with Crippen LogP contribution in [0.3, 0.4) is 0 Å². The minimum atomic E-state index is -4.57. The van der Waals surface area contributed by atoms with Gasteiger partial charge in [0.15, 0.2) is 16.4 Å². The summed E-state index contributed by atoms with van der Waals surface area (Å²) in [4.78, 5) is 12.7. The Hall–Kier alpha value is -1.79. The second-order valence-corrected chi connectivity index (χ2v) is 9.04. The molecule has 4 rings (SSSR count). The molecule has 0 spiro atoms. The van der Waals surface area contributed by atoms with Crippen LogP contribution in [-0.4, -0.2) is 21.9 Å². The van der Waals surface area contributed by atoms with Gasteiger partial charge in [0.1, 0.15) is 11.6 Å². The molecule has 2 N–H and O–H groups in total. The number of fused-ring (bicyclic) bond motifs is 1. The fourth-order valence-electron chi connectivity index (χ4n) is 3.16. The molecule has 0 saturated heterocycles. The summed E-state index contributed by atoms with van der Waals surface area (Å²) in [7, 11) is 0. The molecular weight excluding hydrogens is 601 g/mol. The number of hydrogen-bond acceptors (Lipinski definition) is 4. The fraction of sp³-hybridized carbons (Fsp3) is 0.222. The molecule has 3 heterocycles. The first-order valence-electron chi connectivity index (χ1n) is 8.57. The highest BCUT2D eigenvalue weighted by atomic mass is 79.9. The molecule has 0 unspecified atom stereocenters. The third-order valence-electron chi connectivity index (χ3n) is 4.55. The maximum absolute atomic E-state index is 13.8. The Morgan fingerprint density at radius 1 is 1.17 bits per heavy atom. The van der Waals surface area contributed by atoms with Crippen molar-refractivity contribution in [1.82, 2.24) is 9.78 Å². The molecule has 2 atom stereocenters. The number of alkyl halides is 3. The molecule has 1 aromatic carbocycles. The second-order valence-electron chi connectivity index (χ2n) is 6.55. The van der Waals surface area contributed by atoms with Gasteiger partial charge in [-0.2, -0.15) is 18.3 Å². The number of furan rings is 1. The largest absolute Gasteiger partial charge is 0.452 e. The van der Waals surface area contributed by atoms with Crippen molar-refractivity contribution in [2.45, 2.75) is 24.7 Å². The van der Waals surface area contributed by atoms with Crippen molar-refractivity contribution in [2.24, 2.45) is 0 Å². The SMILES string of the molecule is O=C(Nc1ccc(Br)cc1)c1nn2c(c1Br)N[C@@H](c1ccc(Br)o1)C[C@@H]2C(F)(F)F. The van der Waals surface area contributed by atoms with Gasteiger partial charge in [-0.15, -0.1) is 0 Å². The molecule has 6 nitrogen and oxygen atoms in total. The van der Waals surface area contributed by atoms with Crippen molar-refractivity contribution in [2.75, 3.05) is 10.6 Å². The lowest BCUT2D eigenvalue weighted by molar-refractivity contribution is -0.174. The fourth-order valence-corrected chi connectivity index (χ4v) is 4.30. The summed E-state index contributed by atoms with van der Waals surface area (Å²) in [6.07, 6.45) is -4.90. The van der Waals surface area contributed by atoms with E-state index in [0.717, 1.165) is 9.15 Å². The summed E-state index contributed by atoms with van der Waals surface area (Å²) in [6, 6.07) is 7.32. The van der Waals surface area contributed by atoms with E-state index in [0.29, 0.717) is 16.1 Å². The summed E-state index contributed by atoms with van der Waals surface area (Å²) in [5, 5.41) is 9.60. The molecule has 3 aromatic rings. The van der Waals surface area contributed by atoms with Gasteiger partial charge in [0.25, 0.3) is 5.91 Å². The number of amides is 1. The van der Waals surface area contributed by atoms with Gasteiger partial charge in [-0.25, -0.2) is 4.68 Å². The molecule has 0 bridgehead atoms. The van der Waals surface area contributed by atoms with Crippen LogP contribution in [0.1, 0.15) is 34.8 Å². The average molecular weight is 613 g/mol. The van der Waals surface area contributed by atoms with E-state index in [1.54, 1.807) is 36.4 Å². The lowest BCUT2D eigenvalue weighted by atomic mass is 10.0. The Balaban J connectivity index is 1.69. The van der Waals surface area contributed by atoms with Crippen LogP contribution < -0.4 is 10.6 Å². The van der Waals surface area contributed by atoms with Crippen LogP contribution in [0.25, 0.3) is 0 Å². The molecule has 1 aliphatic rings. The minimum Gasteiger partial charge on any atom is -0.452 e. The third-order valence-corrected chi connectivity index (χ3v) is 6.26. The topological polar surface area (TPSA) is 72.1 Å². The average Bonchev–Trinajstić information content (AvgIpc) is 3.26. The van der Waals surface area contributed by atoms with Crippen molar-refractivity contribution in [3.8, 4) is 0 Å². The number of benzene rings is 1. The van der Waals surface area contributed by atoms with E-state index in [1.165, 1.54) is 0 Å². The Kier molecular flexibility index (Phi) is 5.75. The summed E-state index contributed by atoms with van der Waals surface area (Å²) in [5.41, 5.74) is 0.329. The first-order chi connectivity index (χ1) is 14.1. The number of nitrogens with zero attached hydrogens (tertiary/aromatic N) is 2. The number of rotatable bonds is 3. The van der Waals surface area contributed by atoms with Gasteiger partial charge in [-0.1, -0.05) is 15.9 Å². The summed E-state index contributed by atoms with van der Waals surface area (Å²) < 4.78 is 49.0. The van der Waals surface area contributed by atoms with Crippen molar-refractivity contribution in [3.63, 3.8) is 0 Å². The quantitative estimate of drug-likeness (QED) is 0.346. The number of anilines is 2. The van der Waals surface area contributed by atoms with Gasteiger partial charge in [0, 0.05) is 16.6 Å². The molecule has 0 fully saturated rings. The van der Waals surface area contributed by atoms with Gasteiger partial charge in [-0.3, -0.25) is 4.79 Å². The van der Waals surface area contributed by atoms with Crippen molar-refractivity contribution in [3.05, 3.63) is 61.5 Å². The minimum absolute atomic E-state index is 0.0575. The Morgan fingerprint density at radius 3 is 2.47 bits per heavy atom. The Morgan fingerprint density at radius 2 is 1.87 bits per heavy atom. The molecule has 158 valence electrons. The normalized spacial score (nSPS) is 18.6. The highest BCUT2D eigenvalue weighted by Crippen LogP contribution is 2.46. The van der Waals surface area contributed by atoms with Gasteiger partial charge < -0.3 is 15.1 Å². The van der Waals surface area contributed by atoms with Crippen LogP contribution in [0.15, 0.2) is 54.4 Å². The highest BCUT2D eigenvalue weighted by molar-refractivity contribution is 9.11. The van der Waals surface area contributed by atoms with E-state index < -0.39 is 24.2 Å². The molecular formula is C18H12Br3F3N4O2. The predicted molar refractivity (Wildman–Crippen MR) is 115 cm³/mol. The first kappa shape index (κ1) is 21.4. The van der Waals surface area contributed by atoms with Crippen LogP contribution in [-0.2, 0) is 0 Å². The van der Waals surface area contributed by atoms with E-state index in [9.17, 15) is 18.0 Å². The third kappa shape index (κ3) is 4.17. The van der Waals surface area contributed by atoms with Crippen LogP contribution >= 0.6 is 47.8 Å².